The van der Waals surface area contributed by atoms with Crippen molar-refractivity contribution in [3.05, 3.63) is 0 Å². The van der Waals surface area contributed by atoms with Crippen molar-refractivity contribution in [1.29, 1.82) is 0 Å². The summed E-state index contributed by atoms with van der Waals surface area (Å²) >= 11 is 0. The van der Waals surface area contributed by atoms with Gasteiger partial charge in [0, 0.05) is 6.04 Å². The Kier molecular flexibility index (Phi) is 5.22. The number of carbonyl (C=O) groups excluding carboxylic acids is 1. The van der Waals surface area contributed by atoms with Gasteiger partial charge in [-0.2, -0.15) is 0 Å². The minimum absolute atomic E-state index is 0.00169. The van der Waals surface area contributed by atoms with Crippen molar-refractivity contribution < 1.29 is 9.53 Å². The van der Waals surface area contributed by atoms with E-state index in [0.29, 0.717) is 6.04 Å². The van der Waals surface area contributed by atoms with E-state index in [1.807, 2.05) is 20.8 Å². The SMILES string of the molecule is CC(C)(C)OCC(=O)NC1CCCNCC1. The summed E-state index contributed by atoms with van der Waals surface area (Å²) < 4.78 is 5.44. The van der Waals surface area contributed by atoms with Crippen molar-refractivity contribution >= 4 is 5.91 Å². The second-order valence-corrected chi connectivity index (χ2v) is 5.35. The zero-order valence-corrected chi connectivity index (χ0v) is 10.6. The first kappa shape index (κ1) is 13.5. The van der Waals surface area contributed by atoms with Crippen molar-refractivity contribution in [3.63, 3.8) is 0 Å². The van der Waals surface area contributed by atoms with Crippen LogP contribution in [0.25, 0.3) is 0 Å². The highest BCUT2D eigenvalue weighted by Crippen LogP contribution is 2.07. The van der Waals surface area contributed by atoms with Crippen molar-refractivity contribution in [3.8, 4) is 0 Å². The normalized spacial score (nSPS) is 22.6. The molecule has 4 heteroatoms. The molecule has 1 fully saturated rings. The fourth-order valence-electron chi connectivity index (χ4n) is 1.71. The fourth-order valence-corrected chi connectivity index (χ4v) is 1.71. The van der Waals surface area contributed by atoms with Gasteiger partial charge in [-0.3, -0.25) is 4.79 Å². The zero-order chi connectivity index (χ0) is 12.0. The van der Waals surface area contributed by atoms with Crippen molar-refractivity contribution in [1.82, 2.24) is 10.6 Å². The Bertz CT molecular complexity index is 216. The third-order valence-corrected chi connectivity index (χ3v) is 2.58. The van der Waals surface area contributed by atoms with E-state index in [-0.39, 0.29) is 18.1 Å². The maximum atomic E-state index is 11.6. The maximum absolute atomic E-state index is 11.6. The molecule has 0 aromatic carbocycles. The first-order valence-electron chi connectivity index (χ1n) is 6.11. The van der Waals surface area contributed by atoms with Gasteiger partial charge < -0.3 is 15.4 Å². The van der Waals surface area contributed by atoms with Crippen LogP contribution in [0.3, 0.4) is 0 Å². The smallest absolute Gasteiger partial charge is 0.246 e. The third-order valence-electron chi connectivity index (χ3n) is 2.58. The highest BCUT2D eigenvalue weighted by atomic mass is 16.5. The van der Waals surface area contributed by atoms with Gasteiger partial charge in [0.05, 0.1) is 5.60 Å². The molecule has 1 atom stereocenters. The number of carbonyl (C=O) groups is 1. The topological polar surface area (TPSA) is 50.4 Å². The molecular formula is C12H24N2O2. The molecule has 0 bridgehead atoms. The molecule has 1 heterocycles. The van der Waals surface area contributed by atoms with Crippen LogP contribution in [0.4, 0.5) is 0 Å². The number of hydrogen-bond donors (Lipinski definition) is 2. The molecular weight excluding hydrogens is 204 g/mol. The summed E-state index contributed by atoms with van der Waals surface area (Å²) in [5, 5.41) is 6.35. The van der Waals surface area contributed by atoms with Crippen LogP contribution in [0, 0.1) is 0 Å². The largest absolute Gasteiger partial charge is 0.366 e. The first-order valence-corrected chi connectivity index (χ1v) is 6.11. The van der Waals surface area contributed by atoms with E-state index in [0.717, 1.165) is 32.4 Å². The molecule has 1 rings (SSSR count). The number of ether oxygens (including phenoxy) is 1. The quantitative estimate of drug-likeness (QED) is 0.759. The second kappa shape index (κ2) is 6.21. The summed E-state index contributed by atoms with van der Waals surface area (Å²) in [5.74, 6) is 0.00169. The Morgan fingerprint density at radius 2 is 2.12 bits per heavy atom. The molecule has 0 aliphatic carbocycles. The Hall–Kier alpha value is -0.610. The molecule has 1 amide bonds. The van der Waals surface area contributed by atoms with Gasteiger partial charge in [0.15, 0.2) is 0 Å². The lowest BCUT2D eigenvalue weighted by Crippen LogP contribution is -2.39. The Morgan fingerprint density at radius 1 is 1.38 bits per heavy atom. The van der Waals surface area contributed by atoms with Crippen LogP contribution in [0.15, 0.2) is 0 Å². The van der Waals surface area contributed by atoms with Gasteiger partial charge in [-0.15, -0.1) is 0 Å². The highest BCUT2D eigenvalue weighted by molar-refractivity contribution is 5.77. The van der Waals surface area contributed by atoms with Crippen LogP contribution in [0.5, 0.6) is 0 Å². The molecule has 0 aromatic rings. The van der Waals surface area contributed by atoms with Crippen LogP contribution in [0.2, 0.25) is 0 Å². The molecule has 0 saturated carbocycles. The molecule has 0 radical (unpaired) electrons. The van der Waals surface area contributed by atoms with Crippen LogP contribution in [0.1, 0.15) is 40.0 Å². The van der Waals surface area contributed by atoms with Crippen molar-refractivity contribution in [2.24, 2.45) is 0 Å². The molecule has 16 heavy (non-hydrogen) atoms. The number of amides is 1. The number of nitrogens with one attached hydrogen (secondary N) is 2. The molecule has 1 saturated heterocycles. The molecule has 0 spiro atoms. The van der Waals surface area contributed by atoms with E-state index in [1.54, 1.807) is 0 Å². The Morgan fingerprint density at radius 3 is 2.81 bits per heavy atom. The lowest BCUT2D eigenvalue weighted by Gasteiger charge is -2.21. The number of rotatable bonds is 3. The highest BCUT2D eigenvalue weighted by Gasteiger charge is 2.17. The van der Waals surface area contributed by atoms with Gasteiger partial charge in [-0.05, 0) is 53.1 Å². The summed E-state index contributed by atoms with van der Waals surface area (Å²) in [4.78, 5) is 11.6. The van der Waals surface area contributed by atoms with E-state index in [4.69, 9.17) is 4.74 Å². The predicted molar refractivity (Wildman–Crippen MR) is 64.4 cm³/mol. The van der Waals surface area contributed by atoms with Gasteiger partial charge in [0.25, 0.3) is 0 Å². The Balaban J connectivity index is 2.22. The molecule has 1 unspecified atom stereocenters. The summed E-state index contributed by atoms with van der Waals surface area (Å²) in [5.41, 5.74) is -0.248. The van der Waals surface area contributed by atoms with Gasteiger partial charge in [-0.1, -0.05) is 0 Å². The molecule has 94 valence electrons. The van der Waals surface area contributed by atoms with Crippen molar-refractivity contribution in [2.75, 3.05) is 19.7 Å². The van der Waals surface area contributed by atoms with E-state index < -0.39 is 0 Å². The van der Waals surface area contributed by atoms with Crippen LogP contribution < -0.4 is 10.6 Å². The predicted octanol–water partition coefficient (Wildman–Crippen LogP) is 1.06. The lowest BCUT2D eigenvalue weighted by atomic mass is 10.1. The fraction of sp³-hybridized carbons (Fsp3) is 0.917. The van der Waals surface area contributed by atoms with E-state index in [2.05, 4.69) is 10.6 Å². The number of hydrogen-bond acceptors (Lipinski definition) is 3. The van der Waals surface area contributed by atoms with Crippen LogP contribution in [-0.4, -0.2) is 37.2 Å². The standard InChI is InChI=1S/C12H24N2O2/c1-12(2,3)16-9-11(15)14-10-5-4-7-13-8-6-10/h10,13H,4-9H2,1-3H3,(H,14,15). The zero-order valence-electron chi connectivity index (χ0n) is 10.6. The minimum Gasteiger partial charge on any atom is -0.366 e. The average molecular weight is 228 g/mol. The maximum Gasteiger partial charge on any atom is 0.246 e. The minimum atomic E-state index is -0.248. The van der Waals surface area contributed by atoms with Gasteiger partial charge in [0.2, 0.25) is 5.91 Å². The first-order chi connectivity index (χ1) is 7.47. The molecule has 0 aromatic heterocycles. The summed E-state index contributed by atoms with van der Waals surface area (Å²) in [6.45, 7) is 8.07. The monoisotopic (exact) mass is 228 g/mol. The lowest BCUT2D eigenvalue weighted by molar-refractivity contribution is -0.131. The molecule has 2 N–H and O–H groups in total. The van der Waals surface area contributed by atoms with Gasteiger partial charge >= 0.3 is 0 Å². The molecule has 1 aliphatic rings. The van der Waals surface area contributed by atoms with E-state index in [1.165, 1.54) is 0 Å². The van der Waals surface area contributed by atoms with Gasteiger partial charge in [-0.25, -0.2) is 0 Å². The summed E-state index contributed by atoms with van der Waals surface area (Å²) in [7, 11) is 0. The second-order valence-electron chi connectivity index (χ2n) is 5.35. The summed E-state index contributed by atoms with van der Waals surface area (Å²) in [6.07, 6.45) is 3.21. The Labute approximate surface area is 98.1 Å². The van der Waals surface area contributed by atoms with E-state index >= 15 is 0 Å². The molecule has 4 nitrogen and oxygen atoms in total. The van der Waals surface area contributed by atoms with Gasteiger partial charge in [0.1, 0.15) is 6.61 Å². The molecule has 1 aliphatic heterocycles. The third kappa shape index (κ3) is 6.08. The van der Waals surface area contributed by atoms with Crippen LogP contribution >= 0.6 is 0 Å². The van der Waals surface area contributed by atoms with Crippen LogP contribution in [-0.2, 0) is 9.53 Å². The van der Waals surface area contributed by atoms with Crippen molar-refractivity contribution in [2.45, 2.75) is 51.7 Å². The summed E-state index contributed by atoms with van der Waals surface area (Å²) in [6, 6.07) is 0.311. The average Bonchev–Trinajstić information content (AvgIpc) is 2.42. The van der Waals surface area contributed by atoms with E-state index in [9.17, 15) is 4.79 Å².